The Morgan fingerprint density at radius 2 is 2.12 bits per heavy atom. The second kappa shape index (κ2) is 5.62. The molecule has 0 amide bonds. The van der Waals surface area contributed by atoms with E-state index in [4.69, 9.17) is 12.2 Å². The number of H-pyrrole nitrogens is 1. The van der Waals surface area contributed by atoms with Crippen LogP contribution in [0.2, 0.25) is 0 Å². The predicted molar refractivity (Wildman–Crippen MR) is 97.0 cm³/mol. The molecule has 1 aromatic carbocycles. The van der Waals surface area contributed by atoms with Gasteiger partial charge in [0.05, 0.1) is 11.6 Å². The molecule has 7 heteroatoms. The van der Waals surface area contributed by atoms with Crippen molar-refractivity contribution in [3.63, 3.8) is 0 Å². The molecular formula is C18H19N5OS. The van der Waals surface area contributed by atoms with Crippen molar-refractivity contribution in [2.45, 2.75) is 38.3 Å². The summed E-state index contributed by atoms with van der Waals surface area (Å²) < 4.78 is 4.28. The third-order valence-corrected chi connectivity index (χ3v) is 6.15. The molecule has 0 unspecified atom stereocenters. The molecule has 25 heavy (non-hydrogen) atoms. The molecule has 2 saturated carbocycles. The number of fused-ring (bicyclic) bond motifs is 3. The Morgan fingerprint density at radius 1 is 1.24 bits per heavy atom. The monoisotopic (exact) mass is 353 g/mol. The number of aromatic amines is 1. The van der Waals surface area contributed by atoms with Crippen molar-refractivity contribution in [3.05, 3.63) is 51.4 Å². The first-order valence-corrected chi connectivity index (χ1v) is 9.22. The molecular weight excluding hydrogens is 334 g/mol. The quantitative estimate of drug-likeness (QED) is 0.735. The van der Waals surface area contributed by atoms with Gasteiger partial charge in [-0.05, 0) is 49.4 Å². The normalized spacial score (nSPS) is 25.0. The van der Waals surface area contributed by atoms with Crippen LogP contribution in [0, 0.1) is 16.6 Å². The second-order valence-corrected chi connectivity index (χ2v) is 7.64. The SMILES string of the molecule is O=c1c2ccccc2cnn1Cc1n[nH]c(=S)n1[C@@H]1C[C@H]2CC[C@H]1C2. The molecule has 0 radical (unpaired) electrons. The van der Waals surface area contributed by atoms with Crippen LogP contribution in [0.4, 0.5) is 0 Å². The van der Waals surface area contributed by atoms with Crippen molar-refractivity contribution in [1.29, 1.82) is 0 Å². The first-order valence-electron chi connectivity index (χ1n) is 8.81. The molecule has 2 bridgehead atoms. The van der Waals surface area contributed by atoms with Crippen molar-refractivity contribution in [2.75, 3.05) is 0 Å². The molecule has 2 aliphatic rings. The van der Waals surface area contributed by atoms with Crippen LogP contribution in [0.3, 0.4) is 0 Å². The molecule has 0 spiro atoms. The van der Waals surface area contributed by atoms with E-state index < -0.39 is 0 Å². The van der Waals surface area contributed by atoms with Crippen LogP contribution < -0.4 is 5.56 Å². The third-order valence-electron chi connectivity index (χ3n) is 5.86. The lowest BCUT2D eigenvalue weighted by molar-refractivity contribution is 0.317. The Balaban J connectivity index is 1.55. The number of hydrogen-bond donors (Lipinski definition) is 1. The molecule has 6 nitrogen and oxygen atoms in total. The van der Waals surface area contributed by atoms with Gasteiger partial charge in [-0.15, -0.1) is 0 Å². The minimum Gasteiger partial charge on any atom is -0.299 e. The zero-order valence-corrected chi connectivity index (χ0v) is 14.6. The van der Waals surface area contributed by atoms with Crippen LogP contribution in [-0.2, 0) is 6.54 Å². The molecule has 128 valence electrons. The van der Waals surface area contributed by atoms with Crippen molar-refractivity contribution in [2.24, 2.45) is 11.8 Å². The average molecular weight is 353 g/mol. The third kappa shape index (κ3) is 2.37. The molecule has 2 aliphatic carbocycles. The molecule has 2 aromatic heterocycles. The number of benzene rings is 1. The maximum Gasteiger partial charge on any atom is 0.275 e. The van der Waals surface area contributed by atoms with Gasteiger partial charge >= 0.3 is 0 Å². The maximum atomic E-state index is 12.7. The van der Waals surface area contributed by atoms with Gasteiger partial charge < -0.3 is 0 Å². The number of rotatable bonds is 3. The van der Waals surface area contributed by atoms with Crippen LogP contribution in [0.15, 0.2) is 35.3 Å². The fourth-order valence-electron chi connectivity index (χ4n) is 4.69. The minimum atomic E-state index is -0.0912. The van der Waals surface area contributed by atoms with Crippen molar-refractivity contribution < 1.29 is 0 Å². The maximum absolute atomic E-state index is 12.7. The van der Waals surface area contributed by atoms with E-state index in [1.807, 2.05) is 24.3 Å². The molecule has 2 fully saturated rings. The fraction of sp³-hybridized carbons (Fsp3) is 0.444. The largest absolute Gasteiger partial charge is 0.299 e. The summed E-state index contributed by atoms with van der Waals surface area (Å²) in [5.74, 6) is 2.31. The van der Waals surface area contributed by atoms with Crippen molar-refractivity contribution >= 4 is 23.0 Å². The van der Waals surface area contributed by atoms with E-state index in [1.54, 1.807) is 6.20 Å². The van der Waals surface area contributed by atoms with Crippen molar-refractivity contribution in [3.8, 4) is 0 Å². The summed E-state index contributed by atoms with van der Waals surface area (Å²) in [5, 5.41) is 13.2. The van der Waals surface area contributed by atoms with Gasteiger partial charge in [-0.1, -0.05) is 24.6 Å². The highest BCUT2D eigenvalue weighted by Crippen LogP contribution is 2.50. The Labute approximate surface area is 149 Å². The summed E-state index contributed by atoms with van der Waals surface area (Å²) >= 11 is 5.49. The van der Waals surface area contributed by atoms with E-state index in [-0.39, 0.29) is 5.56 Å². The van der Waals surface area contributed by atoms with Crippen LogP contribution in [0.25, 0.3) is 10.8 Å². The summed E-state index contributed by atoms with van der Waals surface area (Å²) in [4.78, 5) is 12.7. The summed E-state index contributed by atoms with van der Waals surface area (Å²) in [6.07, 6.45) is 6.82. The van der Waals surface area contributed by atoms with Gasteiger partial charge in [0.25, 0.3) is 5.56 Å². The fourth-order valence-corrected chi connectivity index (χ4v) is 4.98. The lowest BCUT2D eigenvalue weighted by Crippen LogP contribution is -2.26. The van der Waals surface area contributed by atoms with Crippen LogP contribution in [-0.4, -0.2) is 24.5 Å². The van der Waals surface area contributed by atoms with E-state index in [9.17, 15) is 4.79 Å². The average Bonchev–Trinajstić information content (AvgIpc) is 3.33. The highest BCUT2D eigenvalue weighted by molar-refractivity contribution is 7.71. The predicted octanol–water partition coefficient (Wildman–Crippen LogP) is 3.06. The Hall–Kier alpha value is -2.28. The van der Waals surface area contributed by atoms with E-state index in [2.05, 4.69) is 19.9 Å². The molecule has 0 aliphatic heterocycles. The lowest BCUT2D eigenvalue weighted by Gasteiger charge is -2.24. The van der Waals surface area contributed by atoms with Crippen LogP contribution in [0.5, 0.6) is 0 Å². The minimum absolute atomic E-state index is 0.0912. The summed E-state index contributed by atoms with van der Waals surface area (Å²) in [7, 11) is 0. The van der Waals surface area contributed by atoms with Gasteiger partial charge in [-0.3, -0.25) is 14.5 Å². The summed E-state index contributed by atoms with van der Waals surface area (Å²) in [5.41, 5.74) is -0.0912. The lowest BCUT2D eigenvalue weighted by atomic mass is 9.95. The Morgan fingerprint density at radius 3 is 2.92 bits per heavy atom. The molecule has 3 aromatic rings. The topological polar surface area (TPSA) is 68.5 Å². The zero-order valence-electron chi connectivity index (χ0n) is 13.8. The standard InChI is InChI=1S/C18H19N5OS/c24-17-14-4-2-1-3-13(14)9-19-22(17)10-16-20-21-18(25)23(16)15-8-11-5-6-12(15)7-11/h1-4,9,11-12,15H,5-8,10H2,(H,21,25)/t11-,12-,15+/m0/s1. The van der Waals surface area contributed by atoms with Gasteiger partial charge in [0.15, 0.2) is 10.6 Å². The zero-order chi connectivity index (χ0) is 17.0. The first-order chi connectivity index (χ1) is 12.2. The van der Waals surface area contributed by atoms with Crippen molar-refractivity contribution in [1.82, 2.24) is 24.5 Å². The number of aromatic nitrogens is 5. The molecule has 3 atom stereocenters. The molecule has 1 N–H and O–H groups in total. The summed E-state index contributed by atoms with van der Waals surface area (Å²) in [6, 6.07) is 7.94. The first kappa shape index (κ1) is 15.0. The van der Waals surface area contributed by atoms with Gasteiger partial charge in [0.1, 0.15) is 6.54 Å². The van der Waals surface area contributed by atoms with E-state index >= 15 is 0 Å². The van der Waals surface area contributed by atoms with E-state index in [1.165, 1.54) is 30.4 Å². The number of nitrogens with zero attached hydrogens (tertiary/aromatic N) is 4. The number of hydrogen-bond acceptors (Lipinski definition) is 4. The Bertz CT molecular complexity index is 1070. The molecule has 0 saturated heterocycles. The summed E-state index contributed by atoms with van der Waals surface area (Å²) in [6.45, 7) is 0.338. The smallest absolute Gasteiger partial charge is 0.275 e. The second-order valence-electron chi connectivity index (χ2n) is 7.25. The highest BCUT2D eigenvalue weighted by Gasteiger charge is 2.41. The van der Waals surface area contributed by atoms with Gasteiger partial charge in [0, 0.05) is 11.4 Å². The van der Waals surface area contributed by atoms with Gasteiger partial charge in [-0.25, -0.2) is 4.68 Å². The van der Waals surface area contributed by atoms with Crippen LogP contribution >= 0.6 is 12.2 Å². The molecule has 2 heterocycles. The van der Waals surface area contributed by atoms with E-state index in [0.717, 1.165) is 17.1 Å². The molecule has 5 rings (SSSR count). The number of nitrogens with one attached hydrogen (secondary N) is 1. The highest BCUT2D eigenvalue weighted by atomic mass is 32.1. The van der Waals surface area contributed by atoms with Gasteiger partial charge in [-0.2, -0.15) is 10.2 Å². The van der Waals surface area contributed by atoms with Gasteiger partial charge in [0.2, 0.25) is 0 Å². The van der Waals surface area contributed by atoms with Crippen LogP contribution in [0.1, 0.15) is 37.5 Å². The Kier molecular flexibility index (Phi) is 3.38. The van der Waals surface area contributed by atoms with E-state index in [0.29, 0.717) is 28.7 Å².